The Kier molecular flexibility index (Phi) is 8.33. The maximum atomic E-state index is 11.4. The number of carbonyl (C=O) groups excluding carboxylic acids is 1. The van der Waals surface area contributed by atoms with Crippen molar-refractivity contribution in [2.45, 2.75) is 39.7 Å². The molecule has 0 unspecified atom stereocenters. The number of hydrogen-bond donors (Lipinski definition) is 3. The van der Waals surface area contributed by atoms with Crippen LogP contribution in [-0.2, 0) is 4.79 Å². The lowest BCUT2D eigenvalue weighted by molar-refractivity contribution is -0.122. The molecule has 0 saturated heterocycles. The third kappa shape index (κ3) is 8.39. The lowest BCUT2D eigenvalue weighted by Gasteiger charge is -2.14. The van der Waals surface area contributed by atoms with E-state index in [0.29, 0.717) is 12.5 Å². The monoisotopic (exact) mass is 215 g/mol. The smallest absolute Gasteiger partial charge is 0.236 e. The molecule has 0 spiro atoms. The van der Waals surface area contributed by atoms with E-state index in [1.807, 2.05) is 0 Å². The van der Waals surface area contributed by atoms with Gasteiger partial charge in [0.25, 0.3) is 0 Å². The summed E-state index contributed by atoms with van der Waals surface area (Å²) in [5.74, 6) is 0.422. The number of nitrogens with two attached hydrogens (primary N) is 1. The average molecular weight is 215 g/mol. The molecule has 0 aliphatic heterocycles. The Balaban J connectivity index is 3.47. The molecule has 0 aromatic rings. The predicted octanol–water partition coefficient (Wildman–Crippen LogP) is 0.476. The highest BCUT2D eigenvalue weighted by Gasteiger charge is 2.13. The summed E-state index contributed by atoms with van der Waals surface area (Å²) in [4.78, 5) is 11.4. The first-order valence-corrected chi connectivity index (χ1v) is 5.82. The summed E-state index contributed by atoms with van der Waals surface area (Å²) >= 11 is 0. The van der Waals surface area contributed by atoms with Crippen molar-refractivity contribution < 1.29 is 4.79 Å². The second-order valence-electron chi connectivity index (χ2n) is 4.28. The molecule has 0 rings (SSSR count). The Bertz CT molecular complexity index is 171. The van der Waals surface area contributed by atoms with Gasteiger partial charge in [0.15, 0.2) is 0 Å². The summed E-state index contributed by atoms with van der Waals surface area (Å²) in [6, 6.07) is -0.365. The topological polar surface area (TPSA) is 67.1 Å². The van der Waals surface area contributed by atoms with E-state index in [1.165, 1.54) is 0 Å². The summed E-state index contributed by atoms with van der Waals surface area (Å²) in [6.07, 6.45) is 1.86. The number of nitrogens with one attached hydrogen (secondary N) is 2. The molecule has 0 aromatic carbocycles. The number of carbonyl (C=O) groups is 1. The summed E-state index contributed by atoms with van der Waals surface area (Å²) in [5.41, 5.74) is 5.73. The summed E-state index contributed by atoms with van der Waals surface area (Å²) in [6.45, 7) is 8.71. The van der Waals surface area contributed by atoms with Crippen LogP contribution in [0.15, 0.2) is 0 Å². The highest BCUT2D eigenvalue weighted by atomic mass is 16.2. The van der Waals surface area contributed by atoms with Gasteiger partial charge < -0.3 is 16.4 Å². The molecule has 4 heteroatoms. The van der Waals surface area contributed by atoms with E-state index >= 15 is 0 Å². The Labute approximate surface area is 93.0 Å². The molecule has 4 N–H and O–H groups in total. The Morgan fingerprint density at radius 1 is 1.27 bits per heavy atom. The standard InChI is InChI=1S/C11H25N3O/c1-4-5-13-6-7-14-11(15)10(12)8-9(2)3/h9-10,13H,4-8,12H2,1-3H3,(H,14,15)/t10-/m0/s1. The second kappa shape index (κ2) is 8.68. The zero-order chi connectivity index (χ0) is 11.7. The third-order valence-electron chi connectivity index (χ3n) is 2.09. The van der Waals surface area contributed by atoms with Gasteiger partial charge in [-0.05, 0) is 25.3 Å². The van der Waals surface area contributed by atoms with Gasteiger partial charge in [-0.1, -0.05) is 20.8 Å². The molecule has 15 heavy (non-hydrogen) atoms. The van der Waals surface area contributed by atoms with Gasteiger partial charge in [0.2, 0.25) is 5.91 Å². The van der Waals surface area contributed by atoms with Crippen LogP contribution in [0, 0.1) is 5.92 Å². The minimum absolute atomic E-state index is 0.0398. The second-order valence-corrected chi connectivity index (χ2v) is 4.28. The van der Waals surface area contributed by atoms with Crippen LogP contribution in [0.25, 0.3) is 0 Å². The van der Waals surface area contributed by atoms with E-state index < -0.39 is 0 Å². The van der Waals surface area contributed by atoms with Gasteiger partial charge >= 0.3 is 0 Å². The Hall–Kier alpha value is -0.610. The quantitative estimate of drug-likeness (QED) is 0.516. The van der Waals surface area contributed by atoms with E-state index in [9.17, 15) is 4.79 Å². The van der Waals surface area contributed by atoms with E-state index in [2.05, 4.69) is 31.4 Å². The fourth-order valence-electron chi connectivity index (χ4n) is 1.32. The largest absolute Gasteiger partial charge is 0.353 e. The molecule has 0 fully saturated rings. The molecular weight excluding hydrogens is 190 g/mol. The fraction of sp³-hybridized carbons (Fsp3) is 0.909. The average Bonchev–Trinajstić information content (AvgIpc) is 2.16. The molecular formula is C11H25N3O. The van der Waals surface area contributed by atoms with Crippen molar-refractivity contribution in [3.63, 3.8) is 0 Å². The van der Waals surface area contributed by atoms with Crippen LogP contribution in [0.1, 0.15) is 33.6 Å². The van der Waals surface area contributed by atoms with E-state index in [4.69, 9.17) is 5.73 Å². The Morgan fingerprint density at radius 2 is 1.93 bits per heavy atom. The van der Waals surface area contributed by atoms with Gasteiger partial charge in [0.05, 0.1) is 6.04 Å². The lowest BCUT2D eigenvalue weighted by Crippen LogP contribution is -2.43. The van der Waals surface area contributed by atoms with Crippen molar-refractivity contribution in [1.82, 2.24) is 10.6 Å². The molecule has 4 nitrogen and oxygen atoms in total. The maximum Gasteiger partial charge on any atom is 0.236 e. The van der Waals surface area contributed by atoms with Gasteiger partial charge in [-0.15, -0.1) is 0 Å². The minimum Gasteiger partial charge on any atom is -0.353 e. The Morgan fingerprint density at radius 3 is 2.47 bits per heavy atom. The molecule has 0 aromatic heterocycles. The zero-order valence-electron chi connectivity index (χ0n) is 10.2. The molecule has 0 aliphatic carbocycles. The summed E-state index contributed by atoms with van der Waals surface area (Å²) in [5, 5.41) is 6.03. The highest BCUT2D eigenvalue weighted by molar-refractivity contribution is 5.81. The van der Waals surface area contributed by atoms with Crippen LogP contribution in [-0.4, -0.2) is 31.6 Å². The third-order valence-corrected chi connectivity index (χ3v) is 2.09. The van der Waals surface area contributed by atoms with E-state index in [1.54, 1.807) is 0 Å². The van der Waals surface area contributed by atoms with Crippen LogP contribution in [0.2, 0.25) is 0 Å². The van der Waals surface area contributed by atoms with E-state index in [0.717, 1.165) is 25.9 Å². The molecule has 0 heterocycles. The molecule has 0 saturated carbocycles. The van der Waals surface area contributed by atoms with Crippen LogP contribution in [0.5, 0.6) is 0 Å². The molecule has 1 amide bonds. The van der Waals surface area contributed by atoms with Crippen LogP contribution < -0.4 is 16.4 Å². The normalized spacial score (nSPS) is 12.9. The molecule has 0 aliphatic rings. The van der Waals surface area contributed by atoms with Crippen molar-refractivity contribution >= 4 is 5.91 Å². The molecule has 90 valence electrons. The SMILES string of the molecule is CCCNCCNC(=O)[C@@H](N)CC(C)C. The van der Waals surface area contributed by atoms with Gasteiger partial charge in [0, 0.05) is 13.1 Å². The molecule has 0 bridgehead atoms. The molecule has 0 radical (unpaired) electrons. The van der Waals surface area contributed by atoms with Gasteiger partial charge in [-0.2, -0.15) is 0 Å². The van der Waals surface area contributed by atoms with Crippen molar-refractivity contribution in [2.75, 3.05) is 19.6 Å². The highest BCUT2D eigenvalue weighted by Crippen LogP contribution is 2.01. The van der Waals surface area contributed by atoms with Gasteiger partial charge in [-0.3, -0.25) is 4.79 Å². The van der Waals surface area contributed by atoms with Crippen molar-refractivity contribution in [3.05, 3.63) is 0 Å². The van der Waals surface area contributed by atoms with Crippen LogP contribution in [0.3, 0.4) is 0 Å². The first-order chi connectivity index (χ1) is 7.07. The molecule has 1 atom stereocenters. The zero-order valence-corrected chi connectivity index (χ0v) is 10.2. The van der Waals surface area contributed by atoms with Crippen LogP contribution >= 0.6 is 0 Å². The first kappa shape index (κ1) is 14.4. The van der Waals surface area contributed by atoms with Gasteiger partial charge in [-0.25, -0.2) is 0 Å². The predicted molar refractivity (Wildman–Crippen MR) is 63.6 cm³/mol. The first-order valence-electron chi connectivity index (χ1n) is 5.82. The van der Waals surface area contributed by atoms with Crippen molar-refractivity contribution in [1.29, 1.82) is 0 Å². The van der Waals surface area contributed by atoms with Gasteiger partial charge in [0.1, 0.15) is 0 Å². The van der Waals surface area contributed by atoms with Crippen molar-refractivity contribution in [2.24, 2.45) is 11.7 Å². The fourth-order valence-corrected chi connectivity index (χ4v) is 1.32. The summed E-state index contributed by atoms with van der Waals surface area (Å²) in [7, 11) is 0. The summed E-state index contributed by atoms with van der Waals surface area (Å²) < 4.78 is 0. The van der Waals surface area contributed by atoms with Crippen LogP contribution in [0.4, 0.5) is 0 Å². The lowest BCUT2D eigenvalue weighted by atomic mass is 10.0. The number of hydrogen-bond acceptors (Lipinski definition) is 3. The number of rotatable bonds is 8. The van der Waals surface area contributed by atoms with Crippen molar-refractivity contribution in [3.8, 4) is 0 Å². The maximum absolute atomic E-state index is 11.4. The number of amides is 1. The minimum atomic E-state index is -0.365. The van der Waals surface area contributed by atoms with E-state index in [-0.39, 0.29) is 11.9 Å².